The Morgan fingerprint density at radius 2 is 1.89 bits per heavy atom. The van der Waals surface area contributed by atoms with E-state index in [1.807, 2.05) is 37.2 Å². The number of amides is 2. The normalized spacial score (nSPS) is 20.9. The number of ether oxygens (including phenoxy) is 1. The third kappa shape index (κ3) is 4.45. The molecule has 2 amide bonds. The molecule has 1 unspecified atom stereocenters. The van der Waals surface area contributed by atoms with Crippen LogP contribution in [0.4, 0.5) is 0 Å². The van der Waals surface area contributed by atoms with Gasteiger partial charge < -0.3 is 14.5 Å². The van der Waals surface area contributed by atoms with Gasteiger partial charge in [0.15, 0.2) is 0 Å². The lowest BCUT2D eigenvalue weighted by Gasteiger charge is -2.47. The number of carbonyl (C=O) groups is 2. The minimum Gasteiger partial charge on any atom is -0.487 e. The number of hydrogen-bond donors (Lipinski definition) is 0. The second-order valence-electron chi connectivity index (χ2n) is 8.69. The highest BCUT2D eigenvalue weighted by atomic mass is 16.5. The molecule has 0 saturated carbocycles. The summed E-state index contributed by atoms with van der Waals surface area (Å²) in [7, 11) is 3.62. The zero-order valence-corrected chi connectivity index (χ0v) is 17.0. The maximum absolute atomic E-state index is 12.4. The summed E-state index contributed by atoms with van der Waals surface area (Å²) in [5.74, 6) is 1.85. The van der Waals surface area contributed by atoms with E-state index in [0.717, 1.165) is 43.7 Å². The topological polar surface area (TPSA) is 49.9 Å². The Hall–Kier alpha value is -2.04. The van der Waals surface area contributed by atoms with Gasteiger partial charge in [-0.05, 0) is 24.0 Å². The number of fused-ring (bicyclic) bond motifs is 1. The van der Waals surface area contributed by atoms with E-state index in [2.05, 4.69) is 19.9 Å². The molecule has 1 aromatic rings. The van der Waals surface area contributed by atoms with Crippen molar-refractivity contribution >= 4 is 11.8 Å². The molecule has 5 heteroatoms. The molecule has 0 radical (unpaired) electrons. The number of benzene rings is 1. The van der Waals surface area contributed by atoms with Crippen LogP contribution in [0.15, 0.2) is 24.3 Å². The zero-order chi connectivity index (χ0) is 19.6. The van der Waals surface area contributed by atoms with Gasteiger partial charge in [-0.25, -0.2) is 0 Å². The fraction of sp³-hybridized carbons (Fsp3) is 0.636. The number of likely N-dealkylation sites (tertiary alicyclic amines) is 1. The summed E-state index contributed by atoms with van der Waals surface area (Å²) in [6.45, 7) is 5.64. The molecule has 27 heavy (non-hydrogen) atoms. The van der Waals surface area contributed by atoms with E-state index in [-0.39, 0.29) is 23.3 Å². The molecular weight excluding hydrogens is 340 g/mol. The third-order valence-electron chi connectivity index (χ3n) is 5.83. The summed E-state index contributed by atoms with van der Waals surface area (Å²) in [5, 5.41) is 0. The van der Waals surface area contributed by atoms with Gasteiger partial charge in [0, 0.05) is 58.8 Å². The largest absolute Gasteiger partial charge is 0.487 e. The Morgan fingerprint density at radius 1 is 1.22 bits per heavy atom. The molecule has 0 N–H and O–H groups in total. The summed E-state index contributed by atoms with van der Waals surface area (Å²) < 4.78 is 6.48. The summed E-state index contributed by atoms with van der Waals surface area (Å²) in [5.41, 5.74) is 0.872. The van der Waals surface area contributed by atoms with Crippen LogP contribution in [0.5, 0.6) is 5.75 Å². The Labute approximate surface area is 162 Å². The maximum atomic E-state index is 12.4. The average Bonchev–Trinajstić information content (AvgIpc) is 2.61. The first-order valence-electron chi connectivity index (χ1n) is 10.1. The van der Waals surface area contributed by atoms with Gasteiger partial charge in [0.2, 0.25) is 11.8 Å². The highest BCUT2D eigenvalue weighted by Crippen LogP contribution is 2.46. The van der Waals surface area contributed by atoms with Crippen LogP contribution in [0.3, 0.4) is 0 Å². The van der Waals surface area contributed by atoms with Crippen LogP contribution in [0.2, 0.25) is 0 Å². The van der Waals surface area contributed by atoms with E-state index >= 15 is 0 Å². The van der Waals surface area contributed by atoms with E-state index in [9.17, 15) is 9.59 Å². The Bertz CT molecular complexity index is 691. The van der Waals surface area contributed by atoms with Crippen LogP contribution in [0.25, 0.3) is 0 Å². The van der Waals surface area contributed by atoms with E-state index in [1.165, 1.54) is 0 Å². The van der Waals surface area contributed by atoms with Crippen molar-refractivity contribution in [2.75, 3.05) is 27.2 Å². The minimum absolute atomic E-state index is 0.149. The predicted octanol–water partition coefficient (Wildman–Crippen LogP) is 3.44. The number of piperidine rings is 1. The van der Waals surface area contributed by atoms with Crippen LogP contribution < -0.4 is 4.74 Å². The van der Waals surface area contributed by atoms with Crippen LogP contribution in [0.1, 0.15) is 57.4 Å². The van der Waals surface area contributed by atoms with Crippen molar-refractivity contribution in [3.63, 3.8) is 0 Å². The minimum atomic E-state index is -0.264. The first-order valence-corrected chi connectivity index (χ1v) is 10.1. The fourth-order valence-electron chi connectivity index (χ4n) is 4.27. The quantitative estimate of drug-likeness (QED) is 0.813. The lowest BCUT2D eigenvalue weighted by atomic mass is 9.76. The molecule has 2 aliphatic rings. The molecule has 0 aromatic heterocycles. The molecule has 0 bridgehead atoms. The van der Waals surface area contributed by atoms with Gasteiger partial charge in [0.05, 0.1) is 0 Å². The summed E-state index contributed by atoms with van der Waals surface area (Å²) in [6, 6.07) is 8.10. The van der Waals surface area contributed by atoms with Crippen molar-refractivity contribution in [2.24, 2.45) is 5.92 Å². The van der Waals surface area contributed by atoms with Crippen molar-refractivity contribution < 1.29 is 14.3 Å². The van der Waals surface area contributed by atoms with Gasteiger partial charge in [0.1, 0.15) is 11.4 Å². The second-order valence-corrected chi connectivity index (χ2v) is 8.69. The molecule has 1 spiro atoms. The number of hydrogen-bond acceptors (Lipinski definition) is 3. The first kappa shape index (κ1) is 19.7. The maximum Gasteiger partial charge on any atom is 0.222 e. The van der Waals surface area contributed by atoms with Crippen LogP contribution >= 0.6 is 0 Å². The highest BCUT2D eigenvalue weighted by molar-refractivity contribution is 5.77. The van der Waals surface area contributed by atoms with E-state index in [0.29, 0.717) is 18.8 Å². The Kier molecular flexibility index (Phi) is 5.78. The first-order chi connectivity index (χ1) is 12.8. The number of para-hydroxylation sites is 1. The molecule has 0 aliphatic carbocycles. The molecular formula is C22H32N2O3. The Balaban J connectivity index is 1.74. The lowest BCUT2D eigenvalue weighted by Crippen LogP contribution is -2.52. The lowest BCUT2D eigenvalue weighted by molar-refractivity contribution is -0.136. The van der Waals surface area contributed by atoms with Crippen LogP contribution in [-0.4, -0.2) is 54.4 Å². The number of carbonyl (C=O) groups excluding carboxylic acids is 2. The van der Waals surface area contributed by atoms with Gasteiger partial charge in [-0.1, -0.05) is 32.0 Å². The molecule has 1 fully saturated rings. The average molecular weight is 373 g/mol. The smallest absolute Gasteiger partial charge is 0.222 e. The summed E-state index contributed by atoms with van der Waals surface area (Å²) >= 11 is 0. The van der Waals surface area contributed by atoms with Crippen molar-refractivity contribution in [3.8, 4) is 5.75 Å². The van der Waals surface area contributed by atoms with E-state index in [1.54, 1.807) is 4.90 Å². The Morgan fingerprint density at radius 3 is 2.52 bits per heavy atom. The predicted molar refractivity (Wildman–Crippen MR) is 106 cm³/mol. The summed E-state index contributed by atoms with van der Waals surface area (Å²) in [4.78, 5) is 28.4. The fourth-order valence-corrected chi connectivity index (χ4v) is 4.27. The molecule has 1 atom stereocenters. The van der Waals surface area contributed by atoms with Crippen molar-refractivity contribution in [1.82, 2.24) is 9.80 Å². The third-order valence-corrected chi connectivity index (χ3v) is 5.83. The zero-order valence-electron chi connectivity index (χ0n) is 17.0. The summed E-state index contributed by atoms with van der Waals surface area (Å²) in [6.07, 6.45) is 3.62. The van der Waals surface area contributed by atoms with E-state index < -0.39 is 0 Å². The molecule has 5 nitrogen and oxygen atoms in total. The van der Waals surface area contributed by atoms with Crippen molar-refractivity contribution in [3.05, 3.63) is 29.8 Å². The molecule has 2 aliphatic heterocycles. The monoisotopic (exact) mass is 372 g/mol. The second kappa shape index (κ2) is 7.91. The standard InChI is InChI=1S/C22H32N2O3/c1-16(2)13-21(26)24-11-9-22(10-12-24)15-17(14-20(25)23(3)4)18-7-5-6-8-19(18)27-22/h5-8,16-17H,9-15H2,1-4H3. The molecule has 148 valence electrons. The molecule has 2 heterocycles. The van der Waals surface area contributed by atoms with E-state index in [4.69, 9.17) is 4.74 Å². The molecule has 1 aromatic carbocycles. The van der Waals surface area contributed by atoms with Gasteiger partial charge >= 0.3 is 0 Å². The van der Waals surface area contributed by atoms with Crippen molar-refractivity contribution in [1.29, 1.82) is 0 Å². The number of nitrogens with zero attached hydrogens (tertiary/aromatic N) is 2. The number of rotatable bonds is 4. The van der Waals surface area contributed by atoms with Crippen molar-refractivity contribution in [2.45, 2.75) is 57.5 Å². The van der Waals surface area contributed by atoms with Gasteiger partial charge in [-0.2, -0.15) is 0 Å². The molecule has 3 rings (SSSR count). The van der Waals surface area contributed by atoms with Crippen LogP contribution in [0, 0.1) is 5.92 Å². The highest BCUT2D eigenvalue weighted by Gasteiger charge is 2.44. The van der Waals surface area contributed by atoms with Gasteiger partial charge in [-0.15, -0.1) is 0 Å². The van der Waals surface area contributed by atoms with Gasteiger partial charge in [-0.3, -0.25) is 9.59 Å². The van der Waals surface area contributed by atoms with Crippen LogP contribution in [-0.2, 0) is 9.59 Å². The molecule has 1 saturated heterocycles. The van der Waals surface area contributed by atoms with Gasteiger partial charge in [0.25, 0.3) is 0 Å². The SMILES string of the molecule is CC(C)CC(=O)N1CCC2(CC1)CC(CC(=O)N(C)C)c1ccccc1O2.